The molecule has 0 spiro atoms. The quantitative estimate of drug-likeness (QED) is 0.468. The summed E-state index contributed by atoms with van der Waals surface area (Å²) in [6.07, 6.45) is 1.13. The third-order valence-electron chi connectivity index (χ3n) is 2.57. The normalized spacial score (nSPS) is 10.7. The van der Waals surface area contributed by atoms with Crippen LogP contribution in [-0.4, -0.2) is 42.4 Å². The molecule has 7 heteroatoms. The lowest BCUT2D eigenvalue weighted by Gasteiger charge is -2.09. The lowest BCUT2D eigenvalue weighted by molar-refractivity contribution is -0.157. The van der Waals surface area contributed by atoms with E-state index in [1.54, 1.807) is 13.8 Å². The number of ether oxygens (including phenoxy) is 2. The van der Waals surface area contributed by atoms with E-state index in [0.717, 1.165) is 6.21 Å². The molecule has 1 rings (SSSR count). The summed E-state index contributed by atoms with van der Waals surface area (Å²) in [6.45, 7) is 3.52. The summed E-state index contributed by atoms with van der Waals surface area (Å²) < 4.78 is 9.60. The SMILES string of the molecule is CCOC(=O)C(C=Nc1ccc(C(=O)O)cc1)C(=O)OCC. The van der Waals surface area contributed by atoms with Crippen molar-refractivity contribution in [3.63, 3.8) is 0 Å². The summed E-state index contributed by atoms with van der Waals surface area (Å²) in [5, 5.41) is 8.80. The van der Waals surface area contributed by atoms with Gasteiger partial charge in [0.25, 0.3) is 0 Å². The molecular formula is C15H17NO6. The topological polar surface area (TPSA) is 102 Å². The summed E-state index contributed by atoms with van der Waals surface area (Å²) >= 11 is 0. The van der Waals surface area contributed by atoms with Gasteiger partial charge in [-0.3, -0.25) is 14.6 Å². The highest BCUT2D eigenvalue weighted by Crippen LogP contribution is 2.14. The molecule has 0 unspecified atom stereocenters. The first-order chi connectivity index (χ1) is 10.5. The van der Waals surface area contributed by atoms with Crippen molar-refractivity contribution in [1.82, 2.24) is 0 Å². The highest BCUT2D eigenvalue weighted by molar-refractivity contribution is 6.09. The molecule has 0 aromatic heterocycles. The smallest absolute Gasteiger partial charge is 0.335 e. The van der Waals surface area contributed by atoms with E-state index in [9.17, 15) is 14.4 Å². The molecule has 1 N–H and O–H groups in total. The first-order valence-electron chi connectivity index (χ1n) is 6.70. The average molecular weight is 307 g/mol. The molecule has 1 aromatic rings. The standard InChI is InChI=1S/C15H17NO6/c1-3-21-14(19)12(15(20)22-4-2)9-16-11-7-5-10(6-8-11)13(17)18/h5-9,12H,3-4H2,1-2H3,(H,17,18). The maximum atomic E-state index is 11.7. The van der Waals surface area contributed by atoms with E-state index in [0.29, 0.717) is 5.69 Å². The zero-order chi connectivity index (χ0) is 16.5. The molecule has 118 valence electrons. The Morgan fingerprint density at radius 1 is 1.09 bits per heavy atom. The lowest BCUT2D eigenvalue weighted by Crippen LogP contribution is -2.29. The Balaban J connectivity index is 2.89. The third kappa shape index (κ3) is 5.01. The largest absolute Gasteiger partial charge is 0.478 e. The number of carbonyl (C=O) groups excluding carboxylic acids is 2. The summed E-state index contributed by atoms with van der Waals surface area (Å²) in [5.41, 5.74) is 0.523. The van der Waals surface area contributed by atoms with Gasteiger partial charge in [-0.2, -0.15) is 0 Å². The Labute approximate surface area is 127 Å². The van der Waals surface area contributed by atoms with Crippen LogP contribution in [-0.2, 0) is 19.1 Å². The fourth-order valence-electron chi connectivity index (χ4n) is 1.53. The minimum Gasteiger partial charge on any atom is -0.478 e. The van der Waals surface area contributed by atoms with Crippen molar-refractivity contribution in [2.75, 3.05) is 13.2 Å². The molecule has 22 heavy (non-hydrogen) atoms. The molecule has 0 atom stereocenters. The molecule has 0 aliphatic heterocycles. The summed E-state index contributed by atoms with van der Waals surface area (Å²) in [4.78, 5) is 38.2. The predicted molar refractivity (Wildman–Crippen MR) is 78.3 cm³/mol. The van der Waals surface area contributed by atoms with Crippen LogP contribution in [0.4, 0.5) is 5.69 Å². The fraction of sp³-hybridized carbons (Fsp3) is 0.333. The molecule has 1 aromatic carbocycles. The number of nitrogens with zero attached hydrogens (tertiary/aromatic N) is 1. The van der Waals surface area contributed by atoms with Gasteiger partial charge < -0.3 is 14.6 Å². The van der Waals surface area contributed by atoms with Crippen LogP contribution >= 0.6 is 0 Å². The zero-order valence-corrected chi connectivity index (χ0v) is 12.3. The van der Waals surface area contributed by atoms with Crippen LogP contribution in [0.3, 0.4) is 0 Å². The van der Waals surface area contributed by atoms with Crippen LogP contribution in [0.25, 0.3) is 0 Å². The van der Waals surface area contributed by atoms with Crippen molar-refractivity contribution in [3.8, 4) is 0 Å². The number of aliphatic imine (C=N–C) groups is 1. The van der Waals surface area contributed by atoms with Gasteiger partial charge in [-0.15, -0.1) is 0 Å². The number of esters is 2. The van der Waals surface area contributed by atoms with E-state index < -0.39 is 23.8 Å². The second-order valence-electron chi connectivity index (χ2n) is 4.11. The Morgan fingerprint density at radius 2 is 1.59 bits per heavy atom. The first kappa shape index (κ1) is 17.4. The highest BCUT2D eigenvalue weighted by atomic mass is 16.6. The minimum atomic E-state index is -1.25. The van der Waals surface area contributed by atoms with Crippen molar-refractivity contribution in [2.24, 2.45) is 10.9 Å². The zero-order valence-electron chi connectivity index (χ0n) is 12.3. The second-order valence-corrected chi connectivity index (χ2v) is 4.11. The molecule has 0 aliphatic carbocycles. The monoisotopic (exact) mass is 307 g/mol. The number of hydrogen-bond acceptors (Lipinski definition) is 6. The van der Waals surface area contributed by atoms with Gasteiger partial charge in [0.05, 0.1) is 24.5 Å². The van der Waals surface area contributed by atoms with Crippen molar-refractivity contribution in [2.45, 2.75) is 13.8 Å². The summed E-state index contributed by atoms with van der Waals surface area (Å²) in [5.74, 6) is -3.79. The lowest BCUT2D eigenvalue weighted by atomic mass is 10.1. The van der Waals surface area contributed by atoms with E-state index in [1.165, 1.54) is 24.3 Å². The molecule has 0 aliphatic rings. The number of rotatable bonds is 7. The molecular weight excluding hydrogens is 290 g/mol. The Bertz CT molecular complexity index is 546. The summed E-state index contributed by atoms with van der Waals surface area (Å²) in [6, 6.07) is 5.68. The van der Waals surface area contributed by atoms with Crippen LogP contribution in [0.5, 0.6) is 0 Å². The van der Waals surface area contributed by atoms with E-state index in [4.69, 9.17) is 14.6 Å². The van der Waals surface area contributed by atoms with Crippen LogP contribution in [0, 0.1) is 5.92 Å². The van der Waals surface area contributed by atoms with Gasteiger partial charge in [-0.05, 0) is 38.1 Å². The maximum Gasteiger partial charge on any atom is 0.335 e. The minimum absolute atomic E-state index is 0.117. The van der Waals surface area contributed by atoms with Gasteiger partial charge in [0.2, 0.25) is 0 Å². The highest BCUT2D eigenvalue weighted by Gasteiger charge is 2.27. The molecule has 0 bridgehead atoms. The molecule has 0 radical (unpaired) electrons. The van der Waals surface area contributed by atoms with E-state index in [1.807, 2.05) is 0 Å². The molecule has 0 saturated heterocycles. The number of carbonyl (C=O) groups is 3. The molecule has 7 nitrogen and oxygen atoms in total. The van der Waals surface area contributed by atoms with E-state index >= 15 is 0 Å². The molecule has 0 fully saturated rings. The summed E-state index contributed by atoms with van der Waals surface area (Å²) in [7, 11) is 0. The van der Waals surface area contributed by atoms with Gasteiger partial charge in [0.1, 0.15) is 0 Å². The Morgan fingerprint density at radius 3 is 2.00 bits per heavy atom. The van der Waals surface area contributed by atoms with Crippen molar-refractivity contribution < 1.29 is 29.0 Å². The number of aromatic carboxylic acids is 1. The molecule has 0 heterocycles. The maximum absolute atomic E-state index is 11.7. The van der Waals surface area contributed by atoms with Gasteiger partial charge in [0, 0.05) is 6.21 Å². The number of hydrogen-bond donors (Lipinski definition) is 1. The van der Waals surface area contributed by atoms with Gasteiger partial charge in [0.15, 0.2) is 5.92 Å². The van der Waals surface area contributed by atoms with Gasteiger partial charge in [-0.1, -0.05) is 0 Å². The van der Waals surface area contributed by atoms with Crippen molar-refractivity contribution in [3.05, 3.63) is 29.8 Å². The van der Waals surface area contributed by atoms with Crippen molar-refractivity contribution in [1.29, 1.82) is 0 Å². The Hall–Kier alpha value is -2.70. The van der Waals surface area contributed by atoms with Gasteiger partial charge in [-0.25, -0.2) is 4.79 Å². The van der Waals surface area contributed by atoms with Crippen LogP contribution in [0.1, 0.15) is 24.2 Å². The predicted octanol–water partition coefficient (Wildman–Crippen LogP) is 1.83. The van der Waals surface area contributed by atoms with E-state index in [-0.39, 0.29) is 18.8 Å². The molecule has 0 amide bonds. The Kier molecular flexibility index (Phi) is 6.75. The second kappa shape index (κ2) is 8.56. The fourth-order valence-corrected chi connectivity index (χ4v) is 1.53. The number of benzene rings is 1. The first-order valence-corrected chi connectivity index (χ1v) is 6.70. The molecule has 0 saturated carbocycles. The van der Waals surface area contributed by atoms with E-state index in [2.05, 4.69) is 4.99 Å². The number of carboxylic acids is 1. The van der Waals surface area contributed by atoms with Gasteiger partial charge >= 0.3 is 17.9 Å². The van der Waals surface area contributed by atoms with Crippen molar-refractivity contribution >= 4 is 29.8 Å². The van der Waals surface area contributed by atoms with Crippen LogP contribution in [0.15, 0.2) is 29.3 Å². The average Bonchev–Trinajstić information content (AvgIpc) is 2.48. The third-order valence-corrected chi connectivity index (χ3v) is 2.57. The van der Waals surface area contributed by atoms with Crippen LogP contribution < -0.4 is 0 Å². The number of carboxylic acid groups (broad SMARTS) is 1. The van der Waals surface area contributed by atoms with Crippen LogP contribution in [0.2, 0.25) is 0 Å².